The zero-order valence-electron chi connectivity index (χ0n) is 12.1. The van der Waals surface area contributed by atoms with Gasteiger partial charge in [-0.15, -0.1) is 0 Å². The smallest absolute Gasteiger partial charge is 0.305 e. The van der Waals surface area contributed by atoms with E-state index in [1.54, 1.807) is 37.4 Å². The van der Waals surface area contributed by atoms with Crippen LogP contribution < -0.4 is 5.32 Å². The summed E-state index contributed by atoms with van der Waals surface area (Å²) in [6.07, 6.45) is -0.0496. The van der Waals surface area contributed by atoms with Crippen LogP contribution in [0.3, 0.4) is 0 Å². The van der Waals surface area contributed by atoms with Crippen molar-refractivity contribution in [3.05, 3.63) is 0 Å². The minimum Gasteiger partial charge on any atom is -0.481 e. The molecular weight excluding hydrogens is 280 g/mol. The molecule has 0 aromatic carbocycles. The molecule has 1 heterocycles. The Bertz CT molecular complexity index is 392. The molecule has 1 aliphatic rings. The first-order chi connectivity index (χ1) is 9.21. The standard InChI is InChI=1S/C13H22N2O4S/c1-13(2,3)12(19)14-7-10(16)15-4-5-20-8-9(15)6-11(17)18/h9H,4-8H2,1-3H3,(H,14,19)(H,17,18). The molecule has 1 fully saturated rings. The van der Waals surface area contributed by atoms with Gasteiger partial charge in [0.2, 0.25) is 11.8 Å². The second-order valence-corrected chi connectivity index (χ2v) is 7.00. The van der Waals surface area contributed by atoms with Crippen LogP contribution >= 0.6 is 11.8 Å². The summed E-state index contributed by atoms with van der Waals surface area (Å²) in [6.45, 7) is 5.79. The Kier molecular flexibility index (Phi) is 5.86. The van der Waals surface area contributed by atoms with E-state index >= 15 is 0 Å². The van der Waals surface area contributed by atoms with Crippen LogP contribution in [0.1, 0.15) is 27.2 Å². The Morgan fingerprint density at radius 3 is 2.55 bits per heavy atom. The van der Waals surface area contributed by atoms with E-state index < -0.39 is 11.4 Å². The first kappa shape index (κ1) is 16.8. The van der Waals surface area contributed by atoms with Gasteiger partial charge in [0.05, 0.1) is 19.0 Å². The Balaban J connectivity index is 2.55. The minimum atomic E-state index is -0.908. The third-order valence-corrected chi connectivity index (χ3v) is 4.13. The van der Waals surface area contributed by atoms with Gasteiger partial charge in [-0.3, -0.25) is 14.4 Å². The quantitative estimate of drug-likeness (QED) is 0.793. The first-order valence-corrected chi connectivity index (χ1v) is 7.74. The van der Waals surface area contributed by atoms with E-state index in [0.717, 1.165) is 5.75 Å². The van der Waals surface area contributed by atoms with Crippen molar-refractivity contribution in [1.29, 1.82) is 0 Å². The van der Waals surface area contributed by atoms with Crippen molar-refractivity contribution in [3.8, 4) is 0 Å². The topological polar surface area (TPSA) is 86.7 Å². The average Bonchev–Trinajstić information content (AvgIpc) is 2.34. The maximum atomic E-state index is 12.1. The van der Waals surface area contributed by atoms with E-state index in [1.807, 2.05) is 0 Å². The maximum absolute atomic E-state index is 12.1. The Morgan fingerprint density at radius 2 is 2.00 bits per heavy atom. The fraction of sp³-hybridized carbons (Fsp3) is 0.769. The average molecular weight is 302 g/mol. The lowest BCUT2D eigenvalue weighted by Crippen LogP contribution is -2.51. The number of aliphatic carboxylic acids is 1. The summed E-state index contributed by atoms with van der Waals surface area (Å²) in [5.41, 5.74) is -0.543. The molecule has 0 spiro atoms. The number of carbonyl (C=O) groups excluding carboxylic acids is 2. The number of hydrogen-bond donors (Lipinski definition) is 2. The highest BCUT2D eigenvalue weighted by molar-refractivity contribution is 7.99. The molecule has 20 heavy (non-hydrogen) atoms. The molecule has 7 heteroatoms. The molecule has 1 atom stereocenters. The molecule has 1 rings (SSSR count). The summed E-state index contributed by atoms with van der Waals surface area (Å²) in [7, 11) is 0. The molecule has 2 N–H and O–H groups in total. The Morgan fingerprint density at radius 1 is 1.35 bits per heavy atom. The zero-order chi connectivity index (χ0) is 15.3. The van der Waals surface area contributed by atoms with Crippen molar-refractivity contribution >= 4 is 29.5 Å². The van der Waals surface area contributed by atoms with Crippen LogP contribution in [0.15, 0.2) is 0 Å². The van der Waals surface area contributed by atoms with Gasteiger partial charge in [0, 0.05) is 23.5 Å². The van der Waals surface area contributed by atoms with Crippen molar-refractivity contribution < 1.29 is 19.5 Å². The predicted octanol–water partition coefficient (Wildman–Crippen LogP) is 0.567. The van der Waals surface area contributed by atoms with Gasteiger partial charge in [0.25, 0.3) is 0 Å². The van der Waals surface area contributed by atoms with Gasteiger partial charge in [-0.1, -0.05) is 20.8 Å². The van der Waals surface area contributed by atoms with Crippen molar-refractivity contribution in [1.82, 2.24) is 10.2 Å². The monoisotopic (exact) mass is 302 g/mol. The molecule has 6 nitrogen and oxygen atoms in total. The van der Waals surface area contributed by atoms with E-state index in [4.69, 9.17) is 5.11 Å². The van der Waals surface area contributed by atoms with Gasteiger partial charge in [-0.25, -0.2) is 0 Å². The van der Waals surface area contributed by atoms with Crippen LogP contribution in [0.25, 0.3) is 0 Å². The summed E-state index contributed by atoms with van der Waals surface area (Å²) in [6, 6.07) is -0.287. The van der Waals surface area contributed by atoms with E-state index in [9.17, 15) is 14.4 Å². The van der Waals surface area contributed by atoms with Gasteiger partial charge < -0.3 is 15.3 Å². The molecule has 1 saturated heterocycles. The molecule has 0 bridgehead atoms. The summed E-state index contributed by atoms with van der Waals surface area (Å²) < 4.78 is 0. The SMILES string of the molecule is CC(C)(C)C(=O)NCC(=O)N1CCSCC1CC(=O)O. The van der Waals surface area contributed by atoms with Gasteiger partial charge in [0.15, 0.2) is 0 Å². The van der Waals surface area contributed by atoms with Gasteiger partial charge in [0.1, 0.15) is 0 Å². The number of hydrogen-bond acceptors (Lipinski definition) is 4. The normalized spacial score (nSPS) is 19.6. The number of carboxylic acids is 1. The van der Waals surface area contributed by atoms with E-state index in [0.29, 0.717) is 12.3 Å². The number of thioether (sulfide) groups is 1. The van der Waals surface area contributed by atoms with Gasteiger partial charge >= 0.3 is 5.97 Å². The van der Waals surface area contributed by atoms with Crippen molar-refractivity contribution in [2.75, 3.05) is 24.6 Å². The highest BCUT2D eigenvalue weighted by Crippen LogP contribution is 2.19. The molecule has 0 aliphatic carbocycles. The molecule has 0 radical (unpaired) electrons. The minimum absolute atomic E-state index is 0.0496. The zero-order valence-corrected chi connectivity index (χ0v) is 13.0. The van der Waals surface area contributed by atoms with Crippen LogP contribution in [0, 0.1) is 5.41 Å². The lowest BCUT2D eigenvalue weighted by molar-refractivity contribution is -0.141. The fourth-order valence-electron chi connectivity index (χ4n) is 1.88. The molecule has 114 valence electrons. The number of carboxylic acid groups (broad SMARTS) is 1. The lowest BCUT2D eigenvalue weighted by Gasteiger charge is -2.35. The second-order valence-electron chi connectivity index (χ2n) is 5.85. The number of amides is 2. The Labute approximate surface area is 123 Å². The largest absolute Gasteiger partial charge is 0.481 e. The van der Waals surface area contributed by atoms with E-state index in [1.165, 1.54) is 0 Å². The number of rotatable bonds is 4. The molecule has 1 unspecified atom stereocenters. The number of nitrogens with zero attached hydrogens (tertiary/aromatic N) is 1. The van der Waals surface area contributed by atoms with Crippen LogP contribution in [-0.2, 0) is 14.4 Å². The maximum Gasteiger partial charge on any atom is 0.305 e. The lowest BCUT2D eigenvalue weighted by atomic mass is 9.96. The highest BCUT2D eigenvalue weighted by Gasteiger charge is 2.29. The summed E-state index contributed by atoms with van der Waals surface area (Å²) in [5, 5.41) is 11.5. The molecule has 0 aromatic heterocycles. The molecule has 1 aliphatic heterocycles. The van der Waals surface area contributed by atoms with E-state index in [-0.39, 0.29) is 30.8 Å². The second kappa shape index (κ2) is 6.97. The molecule has 2 amide bonds. The fourth-order valence-corrected chi connectivity index (χ4v) is 2.94. The van der Waals surface area contributed by atoms with Crippen molar-refractivity contribution in [2.45, 2.75) is 33.2 Å². The summed E-state index contributed by atoms with van der Waals surface area (Å²) in [4.78, 5) is 36.3. The van der Waals surface area contributed by atoms with E-state index in [2.05, 4.69) is 5.32 Å². The third kappa shape index (κ3) is 5.03. The number of nitrogens with one attached hydrogen (secondary N) is 1. The predicted molar refractivity (Wildman–Crippen MR) is 77.5 cm³/mol. The Hall–Kier alpha value is -1.24. The van der Waals surface area contributed by atoms with Crippen LogP contribution in [0.5, 0.6) is 0 Å². The summed E-state index contributed by atoms with van der Waals surface area (Å²) in [5.74, 6) is 0.121. The molecule has 0 saturated carbocycles. The van der Waals surface area contributed by atoms with Gasteiger partial charge in [-0.05, 0) is 0 Å². The van der Waals surface area contributed by atoms with Crippen LogP contribution in [0.2, 0.25) is 0 Å². The summed E-state index contributed by atoms with van der Waals surface area (Å²) >= 11 is 1.65. The molecule has 0 aromatic rings. The van der Waals surface area contributed by atoms with Gasteiger partial charge in [-0.2, -0.15) is 11.8 Å². The third-order valence-electron chi connectivity index (χ3n) is 3.04. The van der Waals surface area contributed by atoms with Crippen LogP contribution in [-0.4, -0.2) is 58.4 Å². The van der Waals surface area contributed by atoms with Crippen molar-refractivity contribution in [3.63, 3.8) is 0 Å². The number of carbonyl (C=O) groups is 3. The van der Waals surface area contributed by atoms with Crippen LogP contribution in [0.4, 0.5) is 0 Å². The first-order valence-electron chi connectivity index (χ1n) is 6.59. The molecular formula is C13H22N2O4S. The highest BCUT2D eigenvalue weighted by atomic mass is 32.2. The van der Waals surface area contributed by atoms with Crippen molar-refractivity contribution in [2.24, 2.45) is 5.41 Å².